The lowest BCUT2D eigenvalue weighted by molar-refractivity contribution is 0.449. The zero-order valence-electron chi connectivity index (χ0n) is 12.5. The van der Waals surface area contributed by atoms with Gasteiger partial charge in [-0.1, -0.05) is 13.3 Å². The molecule has 2 N–H and O–H groups in total. The summed E-state index contributed by atoms with van der Waals surface area (Å²) in [6.45, 7) is 3.54. The molecule has 118 valence electrons. The minimum absolute atomic E-state index is 0.245. The van der Waals surface area contributed by atoms with Crippen molar-refractivity contribution in [2.45, 2.75) is 62.2 Å². The summed E-state index contributed by atoms with van der Waals surface area (Å²) in [7, 11) is -3.33. The summed E-state index contributed by atoms with van der Waals surface area (Å²) in [5, 5.41) is 3.42. The molecule has 0 spiro atoms. The van der Waals surface area contributed by atoms with E-state index in [9.17, 15) is 8.42 Å². The number of hydrogen-bond acceptors (Lipinski definition) is 4. The van der Waals surface area contributed by atoms with E-state index in [1.165, 1.54) is 24.2 Å². The topological polar surface area (TPSA) is 58.2 Å². The van der Waals surface area contributed by atoms with Gasteiger partial charge in [0.1, 0.15) is 4.21 Å². The summed E-state index contributed by atoms with van der Waals surface area (Å²) in [5.41, 5.74) is 0.245. The van der Waals surface area contributed by atoms with Crippen LogP contribution in [0.25, 0.3) is 0 Å². The summed E-state index contributed by atoms with van der Waals surface area (Å²) in [5.74, 6) is 0. The van der Waals surface area contributed by atoms with E-state index in [-0.39, 0.29) is 5.41 Å². The lowest BCUT2D eigenvalue weighted by Crippen LogP contribution is -2.29. The van der Waals surface area contributed by atoms with Gasteiger partial charge in [0.25, 0.3) is 0 Å². The van der Waals surface area contributed by atoms with Gasteiger partial charge in [-0.2, -0.15) is 0 Å². The second-order valence-electron chi connectivity index (χ2n) is 6.45. The Kier molecular flexibility index (Phi) is 4.41. The summed E-state index contributed by atoms with van der Waals surface area (Å²) < 4.78 is 28.0. The normalized spacial score (nSPS) is 20.6. The Balaban J connectivity index is 1.56. The molecule has 2 aliphatic carbocycles. The first-order chi connectivity index (χ1) is 10.0. The Bertz CT molecular complexity index is 587. The number of hydrogen-bond donors (Lipinski definition) is 2. The zero-order chi connectivity index (χ0) is 14.9. The molecular weight excluding hydrogens is 304 g/mol. The predicted molar refractivity (Wildman–Crippen MR) is 85.9 cm³/mol. The van der Waals surface area contributed by atoms with E-state index in [1.807, 2.05) is 6.07 Å². The van der Waals surface area contributed by atoms with Crippen LogP contribution in [0.15, 0.2) is 16.3 Å². The van der Waals surface area contributed by atoms with Crippen LogP contribution < -0.4 is 10.0 Å². The van der Waals surface area contributed by atoms with Gasteiger partial charge >= 0.3 is 0 Å². The molecule has 0 saturated heterocycles. The van der Waals surface area contributed by atoms with E-state index < -0.39 is 10.0 Å². The maximum atomic E-state index is 12.4. The Hall–Kier alpha value is -0.430. The van der Waals surface area contributed by atoms with Crippen molar-refractivity contribution in [2.24, 2.45) is 5.41 Å². The number of nitrogens with one attached hydrogen (secondary N) is 2. The second kappa shape index (κ2) is 5.99. The zero-order valence-corrected chi connectivity index (χ0v) is 14.2. The van der Waals surface area contributed by atoms with Crippen molar-refractivity contribution in [2.75, 3.05) is 6.54 Å². The maximum absolute atomic E-state index is 12.4. The van der Waals surface area contributed by atoms with Crippen LogP contribution in [-0.4, -0.2) is 21.0 Å². The Labute approximate surface area is 131 Å². The summed E-state index contributed by atoms with van der Waals surface area (Å²) in [4.78, 5) is 1.09. The standard InChI is InChI=1S/C15H24N2O2S2/c1-2-7-15(8-9-15)11-17-21(18,19)14-6-5-13(20-14)10-16-12-3-4-12/h5-6,12,16-17H,2-4,7-11H2,1H3. The summed E-state index contributed by atoms with van der Waals surface area (Å²) >= 11 is 1.38. The maximum Gasteiger partial charge on any atom is 0.250 e. The van der Waals surface area contributed by atoms with Crippen molar-refractivity contribution >= 4 is 21.4 Å². The van der Waals surface area contributed by atoms with Gasteiger partial charge in [0, 0.05) is 24.0 Å². The number of thiophene rings is 1. The van der Waals surface area contributed by atoms with Crippen LogP contribution in [0.1, 0.15) is 50.3 Å². The van der Waals surface area contributed by atoms with Crippen LogP contribution in [0.4, 0.5) is 0 Å². The van der Waals surface area contributed by atoms with Gasteiger partial charge in [-0.15, -0.1) is 11.3 Å². The fourth-order valence-electron chi connectivity index (χ4n) is 2.67. The minimum atomic E-state index is -3.33. The summed E-state index contributed by atoms with van der Waals surface area (Å²) in [6, 6.07) is 4.30. The number of rotatable bonds is 9. The number of sulfonamides is 1. The molecular formula is C15H24N2O2S2. The first-order valence-electron chi connectivity index (χ1n) is 7.85. The van der Waals surface area contributed by atoms with Crippen LogP contribution in [0.5, 0.6) is 0 Å². The van der Waals surface area contributed by atoms with Crippen molar-refractivity contribution in [3.05, 3.63) is 17.0 Å². The highest BCUT2D eigenvalue weighted by molar-refractivity contribution is 7.91. The van der Waals surface area contributed by atoms with Crippen LogP contribution in [0.2, 0.25) is 0 Å². The van der Waals surface area contributed by atoms with Gasteiger partial charge in [0.05, 0.1) is 0 Å². The van der Waals surface area contributed by atoms with Gasteiger partial charge in [-0.25, -0.2) is 13.1 Å². The largest absolute Gasteiger partial charge is 0.309 e. The smallest absolute Gasteiger partial charge is 0.250 e. The molecule has 1 aromatic rings. The molecule has 0 atom stereocenters. The van der Waals surface area contributed by atoms with E-state index in [2.05, 4.69) is 17.0 Å². The first-order valence-corrected chi connectivity index (χ1v) is 10.1. The molecule has 0 aliphatic heterocycles. The molecule has 1 aromatic heterocycles. The Morgan fingerprint density at radius 3 is 2.71 bits per heavy atom. The van der Waals surface area contributed by atoms with Crippen molar-refractivity contribution in [3.8, 4) is 0 Å². The molecule has 0 bridgehead atoms. The molecule has 4 nitrogen and oxygen atoms in total. The molecule has 2 saturated carbocycles. The van der Waals surface area contributed by atoms with Gasteiger partial charge in [0.15, 0.2) is 0 Å². The lowest BCUT2D eigenvalue weighted by atomic mass is 10.0. The van der Waals surface area contributed by atoms with Crippen LogP contribution in [0.3, 0.4) is 0 Å². The molecule has 0 radical (unpaired) electrons. The average molecular weight is 329 g/mol. The fourth-order valence-corrected chi connectivity index (χ4v) is 5.18. The fraction of sp³-hybridized carbons (Fsp3) is 0.733. The highest BCUT2D eigenvalue weighted by Gasteiger charge is 2.42. The average Bonchev–Trinajstić information content (AvgIpc) is 3.37. The molecule has 3 rings (SSSR count). The minimum Gasteiger partial charge on any atom is -0.309 e. The van der Waals surface area contributed by atoms with Gasteiger partial charge in [-0.05, 0) is 49.7 Å². The molecule has 0 unspecified atom stereocenters. The van der Waals surface area contributed by atoms with Crippen LogP contribution in [-0.2, 0) is 16.6 Å². The highest BCUT2D eigenvalue weighted by Crippen LogP contribution is 2.49. The van der Waals surface area contributed by atoms with Crippen molar-refractivity contribution in [1.29, 1.82) is 0 Å². The molecule has 21 heavy (non-hydrogen) atoms. The van der Waals surface area contributed by atoms with Crippen molar-refractivity contribution in [1.82, 2.24) is 10.0 Å². The first kappa shape index (κ1) is 15.5. The van der Waals surface area contributed by atoms with Crippen molar-refractivity contribution < 1.29 is 8.42 Å². The van der Waals surface area contributed by atoms with E-state index in [4.69, 9.17) is 0 Å². The predicted octanol–water partition coefficient (Wildman–Crippen LogP) is 2.86. The Morgan fingerprint density at radius 2 is 2.10 bits per heavy atom. The molecule has 0 aromatic carbocycles. The van der Waals surface area contributed by atoms with Crippen molar-refractivity contribution in [3.63, 3.8) is 0 Å². The molecule has 0 amide bonds. The van der Waals surface area contributed by atoms with Crippen LogP contribution >= 0.6 is 11.3 Å². The second-order valence-corrected chi connectivity index (χ2v) is 9.61. The van der Waals surface area contributed by atoms with E-state index >= 15 is 0 Å². The van der Waals surface area contributed by atoms with E-state index in [1.54, 1.807) is 6.07 Å². The summed E-state index contributed by atoms with van der Waals surface area (Å²) in [6.07, 6.45) is 7.05. The monoisotopic (exact) mass is 328 g/mol. The third kappa shape index (κ3) is 4.06. The molecule has 1 heterocycles. The van der Waals surface area contributed by atoms with Gasteiger partial charge in [-0.3, -0.25) is 0 Å². The third-order valence-corrected chi connectivity index (χ3v) is 7.40. The SMILES string of the molecule is CCCC1(CNS(=O)(=O)c2ccc(CNC3CC3)s2)CC1. The van der Waals surface area contributed by atoms with E-state index in [0.29, 0.717) is 16.8 Å². The van der Waals surface area contributed by atoms with Gasteiger partial charge in [0.2, 0.25) is 10.0 Å². The quantitative estimate of drug-likeness (QED) is 0.733. The van der Waals surface area contributed by atoms with Gasteiger partial charge < -0.3 is 5.32 Å². The van der Waals surface area contributed by atoms with E-state index in [0.717, 1.165) is 37.1 Å². The lowest BCUT2D eigenvalue weighted by Gasteiger charge is -2.14. The third-order valence-electron chi connectivity index (χ3n) is 4.42. The van der Waals surface area contributed by atoms with Crippen LogP contribution in [0, 0.1) is 5.41 Å². The molecule has 2 aliphatic rings. The highest BCUT2D eigenvalue weighted by atomic mass is 32.2. The molecule has 6 heteroatoms. The Morgan fingerprint density at radius 1 is 1.33 bits per heavy atom. The molecule has 2 fully saturated rings.